The molecule has 0 unspecified atom stereocenters. The van der Waals surface area contributed by atoms with Crippen molar-refractivity contribution in [1.82, 2.24) is 10.3 Å². The summed E-state index contributed by atoms with van der Waals surface area (Å²) in [5.74, 6) is -0.0959. The van der Waals surface area contributed by atoms with Crippen molar-refractivity contribution in [2.24, 2.45) is 5.73 Å². The smallest absolute Gasteiger partial charge is 0.254 e. The summed E-state index contributed by atoms with van der Waals surface area (Å²) in [6, 6.07) is 2.26. The van der Waals surface area contributed by atoms with Crippen molar-refractivity contribution in [3.05, 3.63) is 22.9 Å². The van der Waals surface area contributed by atoms with Crippen LogP contribution in [0.5, 0.6) is 5.88 Å². The lowest BCUT2D eigenvalue weighted by Crippen LogP contribution is -2.28. The Labute approximate surface area is 119 Å². The van der Waals surface area contributed by atoms with Crippen LogP contribution in [-0.4, -0.2) is 30.1 Å². The number of hydrogen-bond donors (Lipinski definition) is 2. The molecule has 20 heavy (non-hydrogen) atoms. The van der Waals surface area contributed by atoms with Gasteiger partial charge in [0, 0.05) is 18.3 Å². The maximum Gasteiger partial charge on any atom is 0.254 e. The van der Waals surface area contributed by atoms with Crippen LogP contribution in [0.25, 0.3) is 0 Å². The van der Waals surface area contributed by atoms with E-state index in [1.54, 1.807) is 0 Å². The number of hydrogen-bond acceptors (Lipinski definition) is 4. The number of pyridine rings is 1. The summed E-state index contributed by atoms with van der Waals surface area (Å²) >= 11 is 0. The number of rotatable bonds is 6. The molecular weight excluding hydrogens is 254 g/mol. The predicted molar refractivity (Wildman–Crippen MR) is 78.0 cm³/mol. The van der Waals surface area contributed by atoms with Crippen LogP contribution >= 0.6 is 0 Å². The molecule has 1 aromatic rings. The Bertz CT molecular complexity index is 486. The molecule has 0 fully saturated rings. The highest BCUT2D eigenvalue weighted by atomic mass is 16.5. The fraction of sp³-hybridized carbons (Fsp3) is 0.600. The third kappa shape index (κ3) is 3.70. The number of nitrogens with zero attached hydrogens (tertiary/aromatic N) is 1. The van der Waals surface area contributed by atoms with Gasteiger partial charge in [0.25, 0.3) is 5.91 Å². The Balaban J connectivity index is 2.11. The van der Waals surface area contributed by atoms with Crippen molar-refractivity contribution in [2.45, 2.75) is 45.6 Å². The first-order chi connectivity index (χ1) is 9.58. The number of primary amides is 1. The van der Waals surface area contributed by atoms with Gasteiger partial charge in [-0.3, -0.25) is 4.79 Å². The number of aromatic nitrogens is 1. The molecule has 0 radical (unpaired) electrons. The molecule has 2 rings (SSSR count). The predicted octanol–water partition coefficient (Wildman–Crippen LogP) is 1.44. The fourth-order valence-electron chi connectivity index (χ4n) is 2.40. The third-order valence-corrected chi connectivity index (χ3v) is 3.42. The van der Waals surface area contributed by atoms with E-state index in [0.29, 0.717) is 30.6 Å². The molecule has 0 bridgehead atoms. The van der Waals surface area contributed by atoms with Gasteiger partial charge in [-0.2, -0.15) is 0 Å². The van der Waals surface area contributed by atoms with E-state index in [-0.39, 0.29) is 0 Å². The van der Waals surface area contributed by atoms with Crippen LogP contribution in [-0.2, 0) is 12.8 Å². The summed E-state index contributed by atoms with van der Waals surface area (Å²) in [7, 11) is 0. The normalized spacial score (nSPS) is 14.2. The quantitative estimate of drug-likeness (QED) is 0.771. The molecule has 1 aromatic heterocycles. The summed E-state index contributed by atoms with van der Waals surface area (Å²) in [5.41, 5.74) is 8.01. The first kappa shape index (κ1) is 14.8. The number of aryl methyl sites for hydroxylation is 2. The number of fused-ring (bicyclic) bond motifs is 1. The summed E-state index contributed by atoms with van der Waals surface area (Å²) in [5, 5.41) is 3.26. The van der Waals surface area contributed by atoms with E-state index in [0.717, 1.165) is 36.9 Å². The van der Waals surface area contributed by atoms with Gasteiger partial charge < -0.3 is 15.8 Å². The monoisotopic (exact) mass is 277 g/mol. The minimum Gasteiger partial charge on any atom is -0.476 e. The van der Waals surface area contributed by atoms with E-state index in [9.17, 15) is 4.79 Å². The van der Waals surface area contributed by atoms with Gasteiger partial charge in [0.05, 0.1) is 0 Å². The number of carbonyl (C=O) groups excluding carboxylic acids is 1. The van der Waals surface area contributed by atoms with Gasteiger partial charge in [0.15, 0.2) is 0 Å². The molecular formula is C15H23N3O2. The average molecular weight is 277 g/mol. The van der Waals surface area contributed by atoms with E-state index in [1.165, 1.54) is 0 Å². The van der Waals surface area contributed by atoms with Crippen molar-refractivity contribution < 1.29 is 9.53 Å². The molecule has 0 saturated carbocycles. The number of nitrogens with one attached hydrogen (secondary N) is 1. The average Bonchev–Trinajstić information content (AvgIpc) is 2.42. The highest BCUT2D eigenvalue weighted by Crippen LogP contribution is 2.25. The van der Waals surface area contributed by atoms with Gasteiger partial charge in [-0.15, -0.1) is 0 Å². The first-order valence-electron chi connectivity index (χ1n) is 7.26. The molecule has 0 spiro atoms. The van der Waals surface area contributed by atoms with Crippen molar-refractivity contribution in [1.29, 1.82) is 0 Å². The largest absolute Gasteiger partial charge is 0.476 e. The Morgan fingerprint density at radius 3 is 2.90 bits per heavy atom. The first-order valence-corrected chi connectivity index (χ1v) is 7.26. The topological polar surface area (TPSA) is 77.2 Å². The number of ether oxygens (including phenoxy) is 1. The molecule has 3 N–H and O–H groups in total. The van der Waals surface area contributed by atoms with Crippen LogP contribution in [0.4, 0.5) is 0 Å². The van der Waals surface area contributed by atoms with Crippen LogP contribution in [0.2, 0.25) is 0 Å². The van der Waals surface area contributed by atoms with Crippen molar-refractivity contribution in [3.63, 3.8) is 0 Å². The van der Waals surface area contributed by atoms with Gasteiger partial charge in [-0.1, -0.05) is 13.8 Å². The van der Waals surface area contributed by atoms with Gasteiger partial charge in [-0.25, -0.2) is 4.98 Å². The van der Waals surface area contributed by atoms with Gasteiger partial charge >= 0.3 is 0 Å². The van der Waals surface area contributed by atoms with Crippen molar-refractivity contribution in [2.75, 3.05) is 13.2 Å². The maximum absolute atomic E-state index is 11.5. The minimum absolute atomic E-state index is 0.378. The highest BCUT2D eigenvalue weighted by Gasteiger charge is 2.18. The Kier molecular flexibility index (Phi) is 4.95. The van der Waals surface area contributed by atoms with Crippen molar-refractivity contribution >= 4 is 5.91 Å². The molecule has 5 heteroatoms. The second kappa shape index (κ2) is 6.70. The lowest BCUT2D eigenvalue weighted by Gasteiger charge is -2.18. The summed E-state index contributed by atoms with van der Waals surface area (Å²) < 4.78 is 5.64. The number of nitrogens with two attached hydrogens (primary N) is 1. The van der Waals surface area contributed by atoms with E-state index < -0.39 is 5.91 Å². The third-order valence-electron chi connectivity index (χ3n) is 3.42. The van der Waals surface area contributed by atoms with E-state index in [2.05, 4.69) is 24.1 Å². The summed E-state index contributed by atoms with van der Waals surface area (Å²) in [6.07, 6.45) is 4.21. The summed E-state index contributed by atoms with van der Waals surface area (Å²) in [6.45, 7) is 5.34. The standard InChI is InChI=1S/C15H23N3O2/c1-10(2)17-7-8-20-15-12(14(16)19)9-11-5-3-4-6-13(11)18-15/h9-10,17H,3-8H2,1-2H3,(H2,16,19). The zero-order chi connectivity index (χ0) is 14.5. The molecule has 110 valence electrons. The minimum atomic E-state index is -0.474. The lowest BCUT2D eigenvalue weighted by atomic mass is 9.95. The van der Waals surface area contributed by atoms with Gasteiger partial charge in [0.2, 0.25) is 5.88 Å². The molecule has 0 atom stereocenters. The molecule has 1 aliphatic carbocycles. The molecule has 0 aliphatic heterocycles. The molecule has 1 aliphatic rings. The number of amides is 1. The van der Waals surface area contributed by atoms with E-state index in [1.807, 2.05) is 6.07 Å². The van der Waals surface area contributed by atoms with Crippen LogP contribution in [0, 0.1) is 0 Å². The zero-order valence-electron chi connectivity index (χ0n) is 12.2. The van der Waals surface area contributed by atoms with Crippen LogP contribution in [0.15, 0.2) is 6.07 Å². The van der Waals surface area contributed by atoms with Gasteiger partial charge in [-0.05, 0) is 37.3 Å². The SMILES string of the molecule is CC(C)NCCOc1nc2c(cc1C(N)=O)CCCC2. The fourth-order valence-corrected chi connectivity index (χ4v) is 2.40. The van der Waals surface area contributed by atoms with Crippen LogP contribution in [0.3, 0.4) is 0 Å². The molecule has 1 amide bonds. The molecule has 1 heterocycles. The van der Waals surface area contributed by atoms with Crippen LogP contribution in [0.1, 0.15) is 48.3 Å². The Hall–Kier alpha value is -1.62. The maximum atomic E-state index is 11.5. The summed E-state index contributed by atoms with van der Waals surface area (Å²) in [4.78, 5) is 16.0. The zero-order valence-corrected chi connectivity index (χ0v) is 12.2. The van der Waals surface area contributed by atoms with E-state index >= 15 is 0 Å². The molecule has 5 nitrogen and oxygen atoms in total. The number of carbonyl (C=O) groups is 1. The Morgan fingerprint density at radius 1 is 1.45 bits per heavy atom. The van der Waals surface area contributed by atoms with E-state index in [4.69, 9.17) is 10.5 Å². The molecule has 0 saturated heterocycles. The van der Waals surface area contributed by atoms with Crippen molar-refractivity contribution in [3.8, 4) is 5.88 Å². The molecule has 0 aromatic carbocycles. The van der Waals surface area contributed by atoms with Gasteiger partial charge in [0.1, 0.15) is 12.2 Å². The second-order valence-electron chi connectivity index (χ2n) is 5.48. The second-order valence-corrected chi connectivity index (χ2v) is 5.48. The Morgan fingerprint density at radius 2 is 2.20 bits per heavy atom. The highest BCUT2D eigenvalue weighted by molar-refractivity contribution is 5.95. The lowest BCUT2D eigenvalue weighted by molar-refractivity contribution is 0.0995. The van der Waals surface area contributed by atoms with Crippen LogP contribution < -0.4 is 15.8 Å².